The quantitative estimate of drug-likeness (QED) is 0.762. The lowest BCUT2D eigenvalue weighted by Crippen LogP contribution is -2.52. The Morgan fingerprint density at radius 1 is 1.06 bits per heavy atom. The number of amides is 2. The number of anilines is 1. The summed E-state index contributed by atoms with van der Waals surface area (Å²) < 4.78 is 0. The predicted octanol–water partition coefficient (Wildman–Crippen LogP) is 3.93. The van der Waals surface area contributed by atoms with Crippen LogP contribution in [0, 0.1) is 0 Å². The van der Waals surface area contributed by atoms with E-state index in [1.165, 1.54) is 0 Å². The van der Waals surface area contributed by atoms with Crippen LogP contribution in [-0.2, 0) is 11.3 Å². The number of carbonyl (C=O) groups excluding carboxylic acids is 1. The molecule has 0 bridgehead atoms. The van der Waals surface area contributed by atoms with Crippen LogP contribution in [0.3, 0.4) is 0 Å². The Kier molecular flexibility index (Phi) is 6.70. The number of aliphatic carboxylic acids is 1. The van der Waals surface area contributed by atoms with Gasteiger partial charge in [0.1, 0.15) is 5.82 Å². The largest absolute Gasteiger partial charge is 0.481 e. The van der Waals surface area contributed by atoms with Crippen LogP contribution in [0.1, 0.15) is 49.1 Å². The molecule has 1 aromatic carbocycles. The highest BCUT2D eigenvalue weighted by Gasteiger charge is 2.32. The van der Waals surface area contributed by atoms with Gasteiger partial charge in [0.05, 0.1) is 12.5 Å². The summed E-state index contributed by atoms with van der Waals surface area (Å²) in [5.41, 5.74) is 2.12. The Labute approximate surface area is 183 Å². The van der Waals surface area contributed by atoms with Crippen LogP contribution < -0.4 is 5.32 Å². The normalized spacial score (nSPS) is 21.2. The van der Waals surface area contributed by atoms with Gasteiger partial charge in [-0.15, -0.1) is 0 Å². The third-order valence-electron chi connectivity index (χ3n) is 6.35. The average molecular weight is 423 g/mol. The third kappa shape index (κ3) is 5.16. The van der Waals surface area contributed by atoms with Crippen LogP contribution in [0.15, 0.2) is 48.7 Å². The Hall–Kier alpha value is -3.09. The maximum Gasteiger partial charge on any atom is 0.320 e. The number of fused-ring (bicyclic) bond motifs is 1. The number of nitrogens with zero attached hydrogens (tertiary/aromatic N) is 3. The molecule has 7 nitrogen and oxygen atoms in total. The van der Waals surface area contributed by atoms with Crippen molar-refractivity contribution in [1.29, 1.82) is 0 Å². The van der Waals surface area contributed by atoms with E-state index in [4.69, 9.17) is 0 Å². The summed E-state index contributed by atoms with van der Waals surface area (Å²) >= 11 is 0. The van der Waals surface area contributed by atoms with Crippen molar-refractivity contribution in [1.82, 2.24) is 14.8 Å². The number of hydrogen-bond donors (Lipinski definition) is 2. The summed E-state index contributed by atoms with van der Waals surface area (Å²) in [5.74, 6) is -0.0357. The Bertz CT molecular complexity index is 905. The van der Waals surface area contributed by atoms with Gasteiger partial charge >= 0.3 is 12.0 Å². The molecular formula is C24H30N4O3. The van der Waals surface area contributed by atoms with Gasteiger partial charge < -0.3 is 20.2 Å². The second-order valence-corrected chi connectivity index (χ2v) is 8.43. The molecule has 1 saturated heterocycles. The zero-order chi connectivity index (χ0) is 21.6. The van der Waals surface area contributed by atoms with E-state index in [0.717, 1.165) is 42.8 Å². The fourth-order valence-corrected chi connectivity index (χ4v) is 4.75. The van der Waals surface area contributed by atoms with Crippen molar-refractivity contribution < 1.29 is 14.7 Å². The third-order valence-corrected chi connectivity index (χ3v) is 6.35. The molecule has 3 heterocycles. The van der Waals surface area contributed by atoms with Gasteiger partial charge in [-0.2, -0.15) is 0 Å². The maximum absolute atomic E-state index is 13.6. The van der Waals surface area contributed by atoms with E-state index in [9.17, 15) is 14.7 Å². The van der Waals surface area contributed by atoms with Crippen molar-refractivity contribution in [2.45, 2.75) is 50.6 Å². The molecule has 2 amide bonds. The summed E-state index contributed by atoms with van der Waals surface area (Å²) in [6, 6.07) is 13.9. The van der Waals surface area contributed by atoms with Gasteiger partial charge in [0.15, 0.2) is 0 Å². The molecule has 0 aliphatic carbocycles. The van der Waals surface area contributed by atoms with E-state index in [1.54, 1.807) is 6.20 Å². The number of hydrogen-bond acceptors (Lipinski definition) is 4. The number of carboxylic acid groups (broad SMARTS) is 1. The first-order valence-corrected chi connectivity index (χ1v) is 11.1. The maximum atomic E-state index is 13.6. The molecule has 1 fully saturated rings. The number of urea groups is 1. The van der Waals surface area contributed by atoms with Crippen molar-refractivity contribution in [3.05, 3.63) is 59.8 Å². The number of likely N-dealkylation sites (tertiary alicyclic amines) is 1. The van der Waals surface area contributed by atoms with Gasteiger partial charge in [-0.1, -0.05) is 30.3 Å². The highest BCUT2D eigenvalue weighted by molar-refractivity contribution is 5.75. The van der Waals surface area contributed by atoms with Crippen molar-refractivity contribution in [3.8, 4) is 0 Å². The van der Waals surface area contributed by atoms with Crippen LogP contribution in [0.5, 0.6) is 0 Å². The SMILES string of the molecule is O=C(O)CC1CCN(C(=O)N2CCCCC2CNc2ccccn2)Cc2ccccc21. The number of piperidine rings is 1. The lowest BCUT2D eigenvalue weighted by Gasteiger charge is -2.39. The van der Waals surface area contributed by atoms with E-state index < -0.39 is 5.97 Å². The summed E-state index contributed by atoms with van der Waals surface area (Å²) in [6.45, 7) is 2.53. The second-order valence-electron chi connectivity index (χ2n) is 8.43. The predicted molar refractivity (Wildman–Crippen MR) is 119 cm³/mol. The number of pyridine rings is 1. The molecule has 2 aliphatic heterocycles. The number of aromatic nitrogens is 1. The molecule has 164 valence electrons. The average Bonchev–Trinajstić information content (AvgIpc) is 2.97. The van der Waals surface area contributed by atoms with Crippen LogP contribution in [0.4, 0.5) is 10.6 Å². The van der Waals surface area contributed by atoms with Crippen LogP contribution in [0.2, 0.25) is 0 Å². The minimum Gasteiger partial charge on any atom is -0.481 e. The lowest BCUT2D eigenvalue weighted by molar-refractivity contribution is -0.137. The number of carboxylic acids is 1. The molecule has 2 N–H and O–H groups in total. The van der Waals surface area contributed by atoms with Crippen LogP contribution in [0.25, 0.3) is 0 Å². The number of nitrogens with one attached hydrogen (secondary N) is 1. The summed E-state index contributed by atoms with van der Waals surface area (Å²) in [6.07, 6.45) is 5.62. The minimum atomic E-state index is -0.795. The van der Waals surface area contributed by atoms with Crippen molar-refractivity contribution in [3.63, 3.8) is 0 Å². The first kappa shape index (κ1) is 21.2. The zero-order valence-electron chi connectivity index (χ0n) is 17.7. The Balaban J connectivity index is 1.47. The first-order chi connectivity index (χ1) is 15.1. The molecule has 0 spiro atoms. The Morgan fingerprint density at radius 3 is 2.71 bits per heavy atom. The first-order valence-electron chi connectivity index (χ1n) is 11.1. The molecule has 0 radical (unpaired) electrons. The monoisotopic (exact) mass is 422 g/mol. The van der Waals surface area contributed by atoms with Crippen molar-refractivity contribution in [2.24, 2.45) is 0 Å². The Morgan fingerprint density at radius 2 is 1.90 bits per heavy atom. The minimum absolute atomic E-state index is 0.0540. The van der Waals surface area contributed by atoms with Gasteiger partial charge in [-0.25, -0.2) is 9.78 Å². The molecule has 2 unspecified atom stereocenters. The molecule has 2 aliphatic rings. The fourth-order valence-electron chi connectivity index (χ4n) is 4.75. The number of rotatable bonds is 5. The molecule has 2 atom stereocenters. The van der Waals surface area contributed by atoms with Crippen LogP contribution in [-0.4, -0.2) is 57.6 Å². The molecular weight excluding hydrogens is 392 g/mol. The second kappa shape index (κ2) is 9.81. The van der Waals surface area contributed by atoms with E-state index in [0.29, 0.717) is 26.1 Å². The van der Waals surface area contributed by atoms with E-state index in [-0.39, 0.29) is 24.4 Å². The molecule has 4 rings (SSSR count). The molecule has 2 aromatic rings. The number of carbonyl (C=O) groups is 2. The lowest BCUT2D eigenvalue weighted by atomic mass is 9.90. The van der Waals surface area contributed by atoms with Crippen molar-refractivity contribution >= 4 is 17.8 Å². The van der Waals surface area contributed by atoms with E-state index in [1.807, 2.05) is 52.3 Å². The zero-order valence-corrected chi connectivity index (χ0v) is 17.7. The highest BCUT2D eigenvalue weighted by atomic mass is 16.4. The van der Waals surface area contributed by atoms with Gasteiger partial charge in [0, 0.05) is 32.4 Å². The van der Waals surface area contributed by atoms with Gasteiger partial charge in [0.25, 0.3) is 0 Å². The molecule has 0 saturated carbocycles. The van der Waals surface area contributed by atoms with E-state index >= 15 is 0 Å². The molecule has 31 heavy (non-hydrogen) atoms. The summed E-state index contributed by atoms with van der Waals surface area (Å²) in [4.78, 5) is 33.2. The summed E-state index contributed by atoms with van der Waals surface area (Å²) in [7, 11) is 0. The number of benzene rings is 1. The van der Waals surface area contributed by atoms with Gasteiger partial charge in [-0.05, 0) is 54.9 Å². The van der Waals surface area contributed by atoms with Crippen LogP contribution >= 0.6 is 0 Å². The van der Waals surface area contributed by atoms with Gasteiger partial charge in [0.2, 0.25) is 0 Å². The van der Waals surface area contributed by atoms with Crippen molar-refractivity contribution in [2.75, 3.05) is 25.0 Å². The molecule has 7 heteroatoms. The van der Waals surface area contributed by atoms with E-state index in [2.05, 4.69) is 10.3 Å². The standard InChI is InChI=1S/C24H30N4O3/c29-23(30)15-18-11-14-27(17-19-7-1-2-9-21(18)19)24(31)28-13-6-4-8-20(28)16-26-22-10-3-5-12-25-22/h1-3,5,7,9-10,12,18,20H,4,6,8,11,13-17H2,(H,25,26)(H,29,30). The van der Waals surface area contributed by atoms with Gasteiger partial charge in [-0.3, -0.25) is 4.79 Å². The summed E-state index contributed by atoms with van der Waals surface area (Å²) in [5, 5.41) is 12.7. The smallest absolute Gasteiger partial charge is 0.320 e. The topological polar surface area (TPSA) is 85.8 Å². The molecule has 1 aromatic heterocycles. The highest BCUT2D eigenvalue weighted by Crippen LogP contribution is 2.32. The fraction of sp³-hybridized carbons (Fsp3) is 0.458.